The van der Waals surface area contributed by atoms with E-state index in [1.807, 2.05) is 36.1 Å². The first kappa shape index (κ1) is 16.8. The fourth-order valence-corrected chi connectivity index (χ4v) is 3.74. The summed E-state index contributed by atoms with van der Waals surface area (Å²) in [5, 5.41) is 0. The number of para-hydroxylation sites is 2. The van der Waals surface area contributed by atoms with E-state index < -0.39 is 0 Å². The van der Waals surface area contributed by atoms with Crippen LogP contribution in [-0.2, 0) is 18.4 Å². The quantitative estimate of drug-likeness (QED) is 0.922. The zero-order chi connectivity index (χ0) is 17.3. The Morgan fingerprint density at radius 2 is 2.00 bits per heavy atom. The fourth-order valence-electron chi connectivity index (χ4n) is 3.74. The number of hydrogen-bond donors (Lipinski definition) is 1. The summed E-state index contributed by atoms with van der Waals surface area (Å²) in [5.74, 6) is 0.0943. The molecule has 1 aliphatic heterocycles. The lowest BCUT2D eigenvalue weighted by Gasteiger charge is -2.38. The lowest BCUT2D eigenvalue weighted by molar-refractivity contribution is -0.135. The number of likely N-dealkylation sites (tertiary alicyclic amines) is 1. The van der Waals surface area contributed by atoms with Crippen LogP contribution in [0.3, 0.4) is 0 Å². The van der Waals surface area contributed by atoms with Gasteiger partial charge in [-0.25, -0.2) is 4.79 Å². The number of aryl methyl sites for hydroxylation is 2. The highest BCUT2D eigenvalue weighted by Crippen LogP contribution is 2.20. The number of carbonyl (C=O) groups excluding carboxylic acids is 1. The maximum Gasteiger partial charge on any atom is 0.328 e. The van der Waals surface area contributed by atoms with Crippen LogP contribution >= 0.6 is 0 Å². The molecule has 0 radical (unpaired) electrons. The van der Waals surface area contributed by atoms with Gasteiger partial charge in [-0.3, -0.25) is 13.9 Å². The largest absolute Gasteiger partial charge is 0.338 e. The second-order valence-corrected chi connectivity index (χ2v) is 6.74. The molecule has 130 valence electrons. The molecular formula is C18H26N4O2. The van der Waals surface area contributed by atoms with Gasteiger partial charge in [0.05, 0.1) is 11.0 Å². The van der Waals surface area contributed by atoms with Crippen LogP contribution in [-0.4, -0.2) is 38.6 Å². The van der Waals surface area contributed by atoms with Crippen LogP contribution in [0.5, 0.6) is 0 Å². The Bertz CT molecular complexity index is 790. The Morgan fingerprint density at radius 3 is 2.71 bits per heavy atom. The van der Waals surface area contributed by atoms with Crippen LogP contribution in [0.15, 0.2) is 29.1 Å². The molecule has 6 heteroatoms. The summed E-state index contributed by atoms with van der Waals surface area (Å²) in [6.07, 6.45) is 3.46. The number of amides is 1. The van der Waals surface area contributed by atoms with Crippen molar-refractivity contribution in [2.24, 2.45) is 12.8 Å². The number of nitrogens with two attached hydrogens (primary N) is 1. The summed E-state index contributed by atoms with van der Waals surface area (Å²) in [6, 6.07) is 7.78. The monoisotopic (exact) mass is 330 g/mol. The molecule has 2 unspecified atom stereocenters. The van der Waals surface area contributed by atoms with Gasteiger partial charge in [-0.05, 0) is 38.3 Å². The van der Waals surface area contributed by atoms with Crippen molar-refractivity contribution < 1.29 is 4.79 Å². The van der Waals surface area contributed by atoms with Gasteiger partial charge in [0, 0.05) is 38.6 Å². The lowest BCUT2D eigenvalue weighted by Crippen LogP contribution is -2.51. The van der Waals surface area contributed by atoms with Crippen molar-refractivity contribution in [1.29, 1.82) is 0 Å². The molecule has 0 spiro atoms. The maximum atomic E-state index is 12.7. The highest BCUT2D eigenvalue weighted by atomic mass is 16.2. The van der Waals surface area contributed by atoms with Crippen LogP contribution in [0.1, 0.15) is 32.6 Å². The minimum atomic E-state index is -0.0774. The number of hydrogen-bond acceptors (Lipinski definition) is 3. The first-order valence-electron chi connectivity index (χ1n) is 8.70. The summed E-state index contributed by atoms with van der Waals surface area (Å²) in [6.45, 7) is 3.14. The van der Waals surface area contributed by atoms with Gasteiger partial charge in [-0.2, -0.15) is 0 Å². The predicted octanol–water partition coefficient (Wildman–Crippen LogP) is 1.46. The van der Waals surface area contributed by atoms with Gasteiger partial charge >= 0.3 is 5.69 Å². The minimum Gasteiger partial charge on any atom is -0.338 e. The molecule has 0 bridgehead atoms. The van der Waals surface area contributed by atoms with E-state index in [9.17, 15) is 9.59 Å². The van der Waals surface area contributed by atoms with Crippen molar-refractivity contribution in [1.82, 2.24) is 14.0 Å². The molecule has 2 heterocycles. The van der Waals surface area contributed by atoms with E-state index in [0.717, 1.165) is 36.8 Å². The lowest BCUT2D eigenvalue weighted by atomic mass is 9.96. The highest BCUT2D eigenvalue weighted by Gasteiger charge is 2.29. The summed E-state index contributed by atoms with van der Waals surface area (Å²) >= 11 is 0. The van der Waals surface area contributed by atoms with E-state index in [-0.39, 0.29) is 23.7 Å². The van der Waals surface area contributed by atoms with Gasteiger partial charge < -0.3 is 10.6 Å². The van der Waals surface area contributed by atoms with Crippen LogP contribution in [0.4, 0.5) is 0 Å². The number of fused-ring (bicyclic) bond motifs is 1. The molecule has 1 amide bonds. The molecular weight excluding hydrogens is 304 g/mol. The molecule has 3 rings (SSSR count). The van der Waals surface area contributed by atoms with Gasteiger partial charge in [0.25, 0.3) is 0 Å². The molecule has 1 aliphatic rings. The van der Waals surface area contributed by atoms with E-state index in [1.54, 1.807) is 16.2 Å². The molecule has 1 aromatic heterocycles. The molecule has 2 atom stereocenters. The number of piperidine rings is 1. The normalized spacial score (nSPS) is 19.6. The maximum absolute atomic E-state index is 12.7. The SMILES string of the molecule is CC(N)C1CCCCN1C(=O)CCn1c(=O)n(C)c2ccccc21. The molecule has 1 fully saturated rings. The van der Waals surface area contributed by atoms with Crippen molar-refractivity contribution >= 4 is 16.9 Å². The number of rotatable bonds is 4. The average Bonchev–Trinajstić information content (AvgIpc) is 2.84. The van der Waals surface area contributed by atoms with E-state index in [1.165, 1.54) is 0 Å². The van der Waals surface area contributed by atoms with Crippen molar-refractivity contribution in [2.75, 3.05) is 6.54 Å². The molecule has 2 N–H and O–H groups in total. The average molecular weight is 330 g/mol. The predicted molar refractivity (Wildman–Crippen MR) is 94.8 cm³/mol. The van der Waals surface area contributed by atoms with E-state index in [2.05, 4.69) is 0 Å². The van der Waals surface area contributed by atoms with Gasteiger partial charge in [-0.15, -0.1) is 0 Å². The third kappa shape index (κ3) is 2.98. The summed E-state index contributed by atoms with van der Waals surface area (Å²) in [7, 11) is 1.76. The van der Waals surface area contributed by atoms with Crippen LogP contribution in [0.25, 0.3) is 11.0 Å². The van der Waals surface area contributed by atoms with Crippen LogP contribution in [0.2, 0.25) is 0 Å². The van der Waals surface area contributed by atoms with E-state index in [0.29, 0.717) is 13.0 Å². The molecule has 6 nitrogen and oxygen atoms in total. The van der Waals surface area contributed by atoms with E-state index in [4.69, 9.17) is 5.73 Å². The smallest absolute Gasteiger partial charge is 0.328 e. The standard InChI is InChI=1S/C18H26N4O2/c1-13(19)14-7-5-6-11-21(14)17(23)10-12-22-16-9-4-3-8-15(16)20(2)18(22)24/h3-4,8-9,13-14H,5-7,10-12,19H2,1-2H3. The second kappa shape index (κ2) is 6.81. The van der Waals surface area contributed by atoms with Crippen molar-refractivity contribution in [3.05, 3.63) is 34.7 Å². The first-order valence-corrected chi connectivity index (χ1v) is 8.70. The van der Waals surface area contributed by atoms with Crippen molar-refractivity contribution in [2.45, 2.75) is 51.2 Å². The first-order chi connectivity index (χ1) is 11.5. The summed E-state index contributed by atoms with van der Waals surface area (Å²) in [5.41, 5.74) is 7.74. The van der Waals surface area contributed by atoms with Gasteiger partial charge in [-0.1, -0.05) is 12.1 Å². The van der Waals surface area contributed by atoms with Crippen LogP contribution in [0, 0.1) is 0 Å². The zero-order valence-corrected chi connectivity index (χ0v) is 14.4. The Morgan fingerprint density at radius 1 is 1.29 bits per heavy atom. The Labute approximate surface area is 141 Å². The number of benzene rings is 1. The van der Waals surface area contributed by atoms with Crippen molar-refractivity contribution in [3.8, 4) is 0 Å². The van der Waals surface area contributed by atoms with Gasteiger partial charge in [0.2, 0.25) is 5.91 Å². The highest BCUT2D eigenvalue weighted by molar-refractivity contribution is 5.78. The van der Waals surface area contributed by atoms with Gasteiger partial charge in [0.1, 0.15) is 0 Å². The minimum absolute atomic E-state index is 0.0190. The molecule has 0 aliphatic carbocycles. The Balaban J connectivity index is 1.77. The fraction of sp³-hybridized carbons (Fsp3) is 0.556. The molecule has 1 saturated heterocycles. The molecule has 1 aromatic carbocycles. The third-order valence-corrected chi connectivity index (χ3v) is 5.08. The second-order valence-electron chi connectivity index (χ2n) is 6.74. The molecule has 2 aromatic rings. The topological polar surface area (TPSA) is 73.3 Å². The van der Waals surface area contributed by atoms with Gasteiger partial charge in [0.15, 0.2) is 0 Å². The Kier molecular flexibility index (Phi) is 4.76. The summed E-state index contributed by atoms with van der Waals surface area (Å²) in [4.78, 5) is 27.0. The molecule has 0 saturated carbocycles. The Hall–Kier alpha value is -2.08. The number of aromatic nitrogens is 2. The third-order valence-electron chi connectivity index (χ3n) is 5.08. The number of imidazole rings is 1. The zero-order valence-electron chi connectivity index (χ0n) is 14.4. The van der Waals surface area contributed by atoms with Crippen LogP contribution < -0.4 is 11.4 Å². The summed E-state index contributed by atoms with van der Waals surface area (Å²) < 4.78 is 3.32. The molecule has 24 heavy (non-hydrogen) atoms. The number of carbonyl (C=O) groups is 1. The number of nitrogens with zero attached hydrogens (tertiary/aromatic N) is 3. The van der Waals surface area contributed by atoms with Crippen molar-refractivity contribution in [3.63, 3.8) is 0 Å². The van der Waals surface area contributed by atoms with E-state index >= 15 is 0 Å².